The van der Waals surface area contributed by atoms with Crippen LogP contribution in [-0.4, -0.2) is 29.3 Å². The molecule has 1 aromatic carbocycles. The number of amides is 1. The molecule has 0 aliphatic carbocycles. The van der Waals surface area contributed by atoms with Crippen molar-refractivity contribution in [2.75, 3.05) is 13.6 Å². The van der Waals surface area contributed by atoms with Gasteiger partial charge in [0.2, 0.25) is 5.91 Å². The van der Waals surface area contributed by atoms with E-state index in [0.29, 0.717) is 5.56 Å². The second-order valence-electron chi connectivity index (χ2n) is 4.09. The standard InChI is InChI=1S/C11H13N3O3/c1-7-3-4-8(5-9(7)14(16)17)11-12-6-10(15)13(11)2/h3-5,11-12H,6H2,1-2H3. The van der Waals surface area contributed by atoms with E-state index in [2.05, 4.69) is 5.32 Å². The van der Waals surface area contributed by atoms with Crippen molar-refractivity contribution in [3.8, 4) is 0 Å². The normalized spacial score (nSPS) is 19.8. The Kier molecular flexibility index (Phi) is 2.81. The lowest BCUT2D eigenvalue weighted by Crippen LogP contribution is -2.25. The van der Waals surface area contributed by atoms with Crippen molar-refractivity contribution >= 4 is 11.6 Å². The minimum Gasteiger partial charge on any atom is -0.325 e. The fraction of sp³-hybridized carbons (Fsp3) is 0.364. The van der Waals surface area contributed by atoms with Crippen LogP contribution in [0.3, 0.4) is 0 Å². The summed E-state index contributed by atoms with van der Waals surface area (Å²) in [5, 5.41) is 13.9. The molecule has 1 N–H and O–H groups in total. The Hall–Kier alpha value is -1.95. The fourth-order valence-electron chi connectivity index (χ4n) is 1.92. The number of likely N-dealkylation sites (N-methyl/N-ethyl adjacent to an activating group) is 1. The predicted molar refractivity (Wildman–Crippen MR) is 61.3 cm³/mol. The van der Waals surface area contributed by atoms with Crippen LogP contribution in [0.25, 0.3) is 0 Å². The van der Waals surface area contributed by atoms with Gasteiger partial charge in [-0.15, -0.1) is 0 Å². The molecule has 0 spiro atoms. The Labute approximate surface area is 98.4 Å². The number of nitro groups is 1. The van der Waals surface area contributed by atoms with Crippen LogP contribution in [0.1, 0.15) is 17.3 Å². The molecule has 0 radical (unpaired) electrons. The number of hydrogen-bond donors (Lipinski definition) is 1. The van der Waals surface area contributed by atoms with Crippen LogP contribution in [0.2, 0.25) is 0 Å². The minimum absolute atomic E-state index is 0.0155. The molecule has 2 rings (SSSR count). The summed E-state index contributed by atoms with van der Waals surface area (Å²) in [4.78, 5) is 23.4. The smallest absolute Gasteiger partial charge is 0.272 e. The van der Waals surface area contributed by atoms with Crippen LogP contribution < -0.4 is 5.32 Å². The summed E-state index contributed by atoms with van der Waals surface area (Å²) in [6.45, 7) is 1.96. The number of carbonyl (C=O) groups is 1. The number of nitrogens with zero attached hydrogens (tertiary/aromatic N) is 2. The Morgan fingerprint density at radius 1 is 1.53 bits per heavy atom. The first-order chi connectivity index (χ1) is 8.00. The number of carbonyl (C=O) groups excluding carboxylic acids is 1. The topological polar surface area (TPSA) is 75.5 Å². The molecule has 90 valence electrons. The van der Waals surface area contributed by atoms with Crippen molar-refractivity contribution in [3.05, 3.63) is 39.4 Å². The fourth-order valence-corrected chi connectivity index (χ4v) is 1.92. The van der Waals surface area contributed by atoms with Crippen molar-refractivity contribution in [3.63, 3.8) is 0 Å². The van der Waals surface area contributed by atoms with E-state index in [1.165, 1.54) is 6.07 Å². The zero-order chi connectivity index (χ0) is 12.6. The van der Waals surface area contributed by atoms with Gasteiger partial charge >= 0.3 is 0 Å². The molecule has 17 heavy (non-hydrogen) atoms. The first kappa shape index (κ1) is 11.5. The van der Waals surface area contributed by atoms with Gasteiger partial charge in [0.1, 0.15) is 6.17 Å². The summed E-state index contributed by atoms with van der Waals surface area (Å²) in [6.07, 6.45) is -0.276. The van der Waals surface area contributed by atoms with E-state index in [1.807, 2.05) is 0 Å². The molecule has 6 heteroatoms. The van der Waals surface area contributed by atoms with Crippen LogP contribution in [-0.2, 0) is 4.79 Å². The second kappa shape index (κ2) is 4.14. The highest BCUT2D eigenvalue weighted by Crippen LogP contribution is 2.26. The minimum atomic E-state index is -0.407. The summed E-state index contributed by atoms with van der Waals surface area (Å²) in [7, 11) is 1.68. The molecule has 1 heterocycles. The molecular weight excluding hydrogens is 222 g/mol. The van der Waals surface area contributed by atoms with Crippen LogP contribution in [0.5, 0.6) is 0 Å². The van der Waals surface area contributed by atoms with Crippen molar-refractivity contribution in [2.45, 2.75) is 13.1 Å². The zero-order valence-corrected chi connectivity index (χ0v) is 9.64. The van der Waals surface area contributed by atoms with Gasteiger partial charge in [-0.3, -0.25) is 20.2 Å². The highest BCUT2D eigenvalue weighted by molar-refractivity contribution is 5.80. The maximum absolute atomic E-state index is 11.4. The lowest BCUT2D eigenvalue weighted by molar-refractivity contribution is -0.385. The SMILES string of the molecule is Cc1ccc(C2NCC(=O)N2C)cc1[N+](=O)[O-]. The van der Waals surface area contributed by atoms with Gasteiger partial charge in [0.15, 0.2) is 0 Å². The Morgan fingerprint density at radius 3 is 2.76 bits per heavy atom. The van der Waals surface area contributed by atoms with Crippen LogP contribution in [0, 0.1) is 17.0 Å². The highest BCUT2D eigenvalue weighted by atomic mass is 16.6. The number of rotatable bonds is 2. The van der Waals surface area contributed by atoms with E-state index in [1.54, 1.807) is 31.0 Å². The summed E-state index contributed by atoms with van der Waals surface area (Å²) in [5.41, 5.74) is 1.43. The number of benzene rings is 1. The third kappa shape index (κ3) is 1.99. The van der Waals surface area contributed by atoms with Crippen molar-refractivity contribution in [2.24, 2.45) is 0 Å². The molecule has 1 fully saturated rings. The monoisotopic (exact) mass is 235 g/mol. The Balaban J connectivity index is 2.37. The second-order valence-corrected chi connectivity index (χ2v) is 4.09. The van der Waals surface area contributed by atoms with Gasteiger partial charge in [-0.25, -0.2) is 0 Å². The third-order valence-corrected chi connectivity index (χ3v) is 2.97. The van der Waals surface area contributed by atoms with E-state index in [0.717, 1.165) is 5.56 Å². The number of nitrogens with one attached hydrogen (secondary N) is 1. The average molecular weight is 235 g/mol. The maximum atomic E-state index is 11.4. The van der Waals surface area contributed by atoms with E-state index in [-0.39, 0.29) is 24.3 Å². The molecule has 1 unspecified atom stereocenters. The van der Waals surface area contributed by atoms with Crippen molar-refractivity contribution < 1.29 is 9.72 Å². The zero-order valence-electron chi connectivity index (χ0n) is 9.64. The van der Waals surface area contributed by atoms with Crippen molar-refractivity contribution in [1.82, 2.24) is 10.2 Å². The molecule has 6 nitrogen and oxygen atoms in total. The molecule has 1 aliphatic heterocycles. The predicted octanol–water partition coefficient (Wildman–Crippen LogP) is 0.963. The first-order valence-electron chi connectivity index (χ1n) is 5.24. The van der Waals surface area contributed by atoms with Crippen LogP contribution in [0.15, 0.2) is 18.2 Å². The summed E-state index contributed by atoms with van der Waals surface area (Å²) in [6, 6.07) is 5.02. The van der Waals surface area contributed by atoms with E-state index in [4.69, 9.17) is 0 Å². The summed E-state index contributed by atoms with van der Waals surface area (Å²) in [5.74, 6) is -0.0155. The van der Waals surface area contributed by atoms with E-state index < -0.39 is 4.92 Å². The largest absolute Gasteiger partial charge is 0.325 e. The highest BCUT2D eigenvalue weighted by Gasteiger charge is 2.29. The lowest BCUT2D eigenvalue weighted by Gasteiger charge is -2.19. The molecule has 1 atom stereocenters. The summed E-state index contributed by atoms with van der Waals surface area (Å²) >= 11 is 0. The lowest BCUT2D eigenvalue weighted by atomic mass is 10.1. The quantitative estimate of drug-likeness (QED) is 0.612. The molecule has 1 aromatic rings. The molecule has 1 amide bonds. The van der Waals surface area contributed by atoms with Gasteiger partial charge < -0.3 is 4.90 Å². The molecule has 1 saturated heterocycles. The molecule has 0 aromatic heterocycles. The molecule has 0 bridgehead atoms. The van der Waals surface area contributed by atoms with Gasteiger partial charge in [-0.05, 0) is 12.5 Å². The van der Waals surface area contributed by atoms with Gasteiger partial charge in [-0.2, -0.15) is 0 Å². The number of hydrogen-bond acceptors (Lipinski definition) is 4. The van der Waals surface area contributed by atoms with Gasteiger partial charge in [0, 0.05) is 18.7 Å². The van der Waals surface area contributed by atoms with E-state index >= 15 is 0 Å². The first-order valence-corrected chi connectivity index (χ1v) is 5.24. The van der Waals surface area contributed by atoms with Gasteiger partial charge in [0.05, 0.1) is 11.5 Å². The van der Waals surface area contributed by atoms with Crippen LogP contribution >= 0.6 is 0 Å². The maximum Gasteiger partial charge on any atom is 0.272 e. The summed E-state index contributed by atoms with van der Waals surface area (Å²) < 4.78 is 0. The Morgan fingerprint density at radius 2 is 2.24 bits per heavy atom. The molecule has 0 saturated carbocycles. The van der Waals surface area contributed by atoms with Gasteiger partial charge in [-0.1, -0.05) is 12.1 Å². The van der Waals surface area contributed by atoms with Crippen molar-refractivity contribution in [1.29, 1.82) is 0 Å². The molecular formula is C11H13N3O3. The number of aryl methyl sites for hydroxylation is 1. The van der Waals surface area contributed by atoms with Gasteiger partial charge in [0.25, 0.3) is 5.69 Å². The Bertz CT molecular complexity index is 487. The van der Waals surface area contributed by atoms with Crippen LogP contribution in [0.4, 0.5) is 5.69 Å². The third-order valence-electron chi connectivity index (χ3n) is 2.97. The van der Waals surface area contributed by atoms with E-state index in [9.17, 15) is 14.9 Å². The number of nitro benzene ring substituents is 1. The molecule has 1 aliphatic rings. The average Bonchev–Trinajstić information content (AvgIpc) is 2.60.